The van der Waals surface area contributed by atoms with Crippen molar-refractivity contribution in [3.63, 3.8) is 0 Å². The van der Waals surface area contributed by atoms with Crippen LogP contribution in [0.5, 0.6) is 0 Å². The predicted molar refractivity (Wildman–Crippen MR) is 231 cm³/mol. The van der Waals surface area contributed by atoms with E-state index >= 15 is 0 Å². The van der Waals surface area contributed by atoms with E-state index in [1.165, 1.54) is 76.0 Å². The van der Waals surface area contributed by atoms with E-state index in [2.05, 4.69) is 216 Å². The van der Waals surface area contributed by atoms with E-state index in [0.29, 0.717) is 0 Å². The molecule has 2 nitrogen and oxygen atoms in total. The normalized spacial score (nSPS) is 11.7. The van der Waals surface area contributed by atoms with Crippen molar-refractivity contribution in [1.29, 1.82) is 0 Å². The Morgan fingerprint density at radius 2 is 0.796 bits per heavy atom. The number of fused-ring (bicyclic) bond motifs is 10. The summed E-state index contributed by atoms with van der Waals surface area (Å²) in [5, 5.41) is 12.6. The highest BCUT2D eigenvalue weighted by molar-refractivity contribution is 6.27. The van der Waals surface area contributed by atoms with Gasteiger partial charge in [-0.1, -0.05) is 152 Å². The molecule has 11 rings (SSSR count). The molecule has 0 spiro atoms. The summed E-state index contributed by atoms with van der Waals surface area (Å²) >= 11 is 0. The minimum atomic E-state index is 1.09. The van der Waals surface area contributed by atoms with Crippen LogP contribution in [0.15, 0.2) is 206 Å². The molecular weight excluding hydrogens is 653 g/mol. The largest absolute Gasteiger partial charge is 0.310 e. The number of hydrogen-bond acceptors (Lipinski definition) is 1. The van der Waals surface area contributed by atoms with E-state index in [1.54, 1.807) is 0 Å². The van der Waals surface area contributed by atoms with Crippen molar-refractivity contribution in [3.05, 3.63) is 206 Å². The minimum absolute atomic E-state index is 1.09. The fourth-order valence-electron chi connectivity index (χ4n) is 8.62. The second-order valence-electron chi connectivity index (χ2n) is 14.2. The molecule has 0 N–H and O–H groups in total. The number of rotatable bonds is 5. The first-order valence-electron chi connectivity index (χ1n) is 18.6. The van der Waals surface area contributed by atoms with E-state index in [-0.39, 0.29) is 0 Å². The van der Waals surface area contributed by atoms with Crippen LogP contribution in [0.25, 0.3) is 81.7 Å². The summed E-state index contributed by atoms with van der Waals surface area (Å²) in [6, 6.07) is 75.3. The van der Waals surface area contributed by atoms with E-state index in [9.17, 15) is 0 Å². The Labute approximate surface area is 313 Å². The molecule has 2 heteroatoms. The van der Waals surface area contributed by atoms with Crippen molar-refractivity contribution in [2.24, 2.45) is 0 Å². The molecule has 0 saturated heterocycles. The lowest BCUT2D eigenvalue weighted by molar-refractivity contribution is 1.17. The summed E-state index contributed by atoms with van der Waals surface area (Å²) in [6.45, 7) is 0. The van der Waals surface area contributed by atoms with Gasteiger partial charge in [0.25, 0.3) is 0 Å². The number of para-hydroxylation sites is 2. The Balaban J connectivity index is 1.16. The van der Waals surface area contributed by atoms with E-state index < -0.39 is 0 Å². The quantitative estimate of drug-likeness (QED) is 0.164. The molecule has 0 aliphatic rings. The van der Waals surface area contributed by atoms with Crippen LogP contribution in [0.1, 0.15) is 0 Å². The van der Waals surface area contributed by atoms with Gasteiger partial charge in [-0.25, -0.2) is 0 Å². The van der Waals surface area contributed by atoms with Gasteiger partial charge in [-0.2, -0.15) is 0 Å². The first-order valence-corrected chi connectivity index (χ1v) is 18.6. The summed E-state index contributed by atoms with van der Waals surface area (Å²) in [7, 11) is 0. The zero-order valence-electron chi connectivity index (χ0n) is 29.5. The molecule has 0 saturated carbocycles. The second kappa shape index (κ2) is 12.2. The molecule has 252 valence electrons. The van der Waals surface area contributed by atoms with Crippen LogP contribution < -0.4 is 4.90 Å². The maximum absolute atomic E-state index is 2.41. The Bertz CT molecular complexity index is 3150. The minimum Gasteiger partial charge on any atom is -0.310 e. The molecule has 0 fully saturated rings. The summed E-state index contributed by atoms with van der Waals surface area (Å²) in [6.07, 6.45) is 0. The number of benzene rings is 10. The standard InChI is InChI=1S/C52H34N2/c1-2-11-35(12-3-1)36-27-30-41(31-28-36)53(42-14-10-15-43(33-42)54-49-19-8-6-17-46(49)47-18-7-9-20-50(47)54)44-32-29-38-22-24-40-26-25-39-23-21-37-13-4-5-16-45(37)51(39)52(40)48(38)34-44/h1-34H. The fourth-order valence-corrected chi connectivity index (χ4v) is 8.62. The van der Waals surface area contributed by atoms with Crippen LogP contribution in [0, 0.1) is 0 Å². The van der Waals surface area contributed by atoms with Crippen molar-refractivity contribution in [2.45, 2.75) is 0 Å². The molecule has 0 aliphatic heterocycles. The van der Waals surface area contributed by atoms with Crippen molar-refractivity contribution in [3.8, 4) is 16.8 Å². The molecule has 1 heterocycles. The third-order valence-electron chi connectivity index (χ3n) is 11.1. The van der Waals surface area contributed by atoms with Crippen LogP contribution in [0.2, 0.25) is 0 Å². The lowest BCUT2D eigenvalue weighted by atomic mass is 9.92. The highest BCUT2D eigenvalue weighted by atomic mass is 15.1. The molecule has 1 aromatic heterocycles. The van der Waals surface area contributed by atoms with Gasteiger partial charge in [0, 0.05) is 33.5 Å². The monoisotopic (exact) mass is 686 g/mol. The first kappa shape index (κ1) is 30.5. The number of aromatic nitrogens is 1. The van der Waals surface area contributed by atoms with Gasteiger partial charge in [0.1, 0.15) is 0 Å². The average Bonchev–Trinajstić information content (AvgIpc) is 3.58. The molecule has 0 atom stereocenters. The zero-order chi connectivity index (χ0) is 35.6. The molecule has 0 bridgehead atoms. The first-order chi connectivity index (χ1) is 26.8. The van der Waals surface area contributed by atoms with Crippen LogP contribution in [0.3, 0.4) is 0 Å². The second-order valence-corrected chi connectivity index (χ2v) is 14.2. The summed E-state index contributed by atoms with van der Waals surface area (Å²) < 4.78 is 2.40. The Morgan fingerprint density at radius 1 is 0.296 bits per heavy atom. The van der Waals surface area contributed by atoms with Crippen molar-refractivity contribution in [1.82, 2.24) is 4.57 Å². The van der Waals surface area contributed by atoms with Crippen LogP contribution in [0.4, 0.5) is 17.1 Å². The number of hydrogen-bond donors (Lipinski definition) is 0. The molecule has 11 aromatic rings. The number of nitrogens with zero attached hydrogens (tertiary/aromatic N) is 2. The maximum atomic E-state index is 2.41. The van der Waals surface area contributed by atoms with Crippen molar-refractivity contribution < 1.29 is 0 Å². The van der Waals surface area contributed by atoms with E-state index in [1.807, 2.05) is 0 Å². The van der Waals surface area contributed by atoms with Gasteiger partial charge in [-0.15, -0.1) is 0 Å². The zero-order valence-corrected chi connectivity index (χ0v) is 29.5. The molecular formula is C52H34N2. The number of anilines is 3. The maximum Gasteiger partial charge on any atom is 0.0541 e. The van der Waals surface area contributed by atoms with Gasteiger partial charge in [-0.05, 0) is 109 Å². The smallest absolute Gasteiger partial charge is 0.0541 e. The van der Waals surface area contributed by atoms with E-state index in [4.69, 9.17) is 0 Å². The SMILES string of the molecule is c1ccc(-c2ccc(N(c3cccc(-n4c5ccccc5c5ccccc54)c3)c3ccc4ccc5ccc6ccc7ccccc7c6c5c4c3)cc2)cc1. The average molecular weight is 687 g/mol. The third kappa shape index (κ3) is 4.81. The lowest BCUT2D eigenvalue weighted by Gasteiger charge is -2.27. The highest BCUT2D eigenvalue weighted by Crippen LogP contribution is 2.42. The molecule has 54 heavy (non-hydrogen) atoms. The van der Waals surface area contributed by atoms with Gasteiger partial charge >= 0.3 is 0 Å². The molecule has 10 aromatic carbocycles. The lowest BCUT2D eigenvalue weighted by Crippen LogP contribution is -2.10. The molecule has 0 unspecified atom stereocenters. The van der Waals surface area contributed by atoms with Crippen molar-refractivity contribution in [2.75, 3.05) is 4.90 Å². The Kier molecular flexibility index (Phi) is 6.90. The fraction of sp³-hybridized carbons (Fsp3) is 0. The molecule has 0 radical (unpaired) electrons. The summed E-state index contributed by atoms with van der Waals surface area (Å²) in [5.41, 5.74) is 9.23. The molecule has 0 aliphatic carbocycles. The van der Waals surface area contributed by atoms with Gasteiger partial charge in [0.15, 0.2) is 0 Å². The van der Waals surface area contributed by atoms with Crippen LogP contribution in [-0.2, 0) is 0 Å². The van der Waals surface area contributed by atoms with Gasteiger partial charge in [-0.3, -0.25) is 0 Å². The van der Waals surface area contributed by atoms with Crippen LogP contribution >= 0.6 is 0 Å². The topological polar surface area (TPSA) is 8.17 Å². The Hall–Kier alpha value is -7.16. The summed E-state index contributed by atoms with van der Waals surface area (Å²) in [5.74, 6) is 0. The summed E-state index contributed by atoms with van der Waals surface area (Å²) in [4.78, 5) is 2.41. The van der Waals surface area contributed by atoms with E-state index in [0.717, 1.165) is 22.7 Å². The van der Waals surface area contributed by atoms with Crippen LogP contribution in [-0.4, -0.2) is 4.57 Å². The van der Waals surface area contributed by atoms with Crippen molar-refractivity contribution >= 4 is 82.0 Å². The van der Waals surface area contributed by atoms with Gasteiger partial charge in [0.05, 0.1) is 11.0 Å². The Morgan fingerprint density at radius 3 is 1.50 bits per heavy atom. The van der Waals surface area contributed by atoms with Gasteiger partial charge < -0.3 is 9.47 Å². The third-order valence-corrected chi connectivity index (χ3v) is 11.1. The predicted octanol–water partition coefficient (Wildman–Crippen LogP) is 14.5. The molecule has 0 amide bonds. The van der Waals surface area contributed by atoms with Gasteiger partial charge in [0.2, 0.25) is 0 Å². The highest BCUT2D eigenvalue weighted by Gasteiger charge is 2.18.